The third-order valence-corrected chi connectivity index (χ3v) is 14.5. The maximum atomic E-state index is 15.7. The van der Waals surface area contributed by atoms with Crippen molar-refractivity contribution in [3.63, 3.8) is 0 Å². The fourth-order valence-corrected chi connectivity index (χ4v) is 10.9. The number of halogens is 7. The first-order valence-electron chi connectivity index (χ1n) is 22.8. The zero-order valence-corrected chi connectivity index (χ0v) is 39.1. The van der Waals surface area contributed by atoms with Gasteiger partial charge in [0.15, 0.2) is 5.41 Å². The van der Waals surface area contributed by atoms with Gasteiger partial charge in [0.2, 0.25) is 35.4 Å². The molecular formula is C46H62ClF6N7O6. The van der Waals surface area contributed by atoms with Gasteiger partial charge in [-0.1, -0.05) is 51.1 Å². The van der Waals surface area contributed by atoms with Gasteiger partial charge in [0, 0.05) is 77.0 Å². The number of fused-ring (bicyclic) bond motifs is 1. The summed E-state index contributed by atoms with van der Waals surface area (Å²) in [6, 6.07) is 1.85. The van der Waals surface area contributed by atoms with E-state index >= 15 is 9.18 Å². The van der Waals surface area contributed by atoms with Crippen LogP contribution in [0.2, 0.25) is 5.02 Å². The smallest absolute Gasteiger partial charge is 0.368 e. The number of likely N-dealkylation sites (tertiary alicyclic amines) is 1. The number of carbonyl (C=O) groups is 6. The molecule has 4 aliphatic rings. The molecule has 2 saturated heterocycles. The van der Waals surface area contributed by atoms with Crippen LogP contribution in [0, 0.1) is 23.2 Å². The molecule has 0 bridgehead atoms. The van der Waals surface area contributed by atoms with E-state index in [1.807, 2.05) is 37.7 Å². The lowest BCUT2D eigenvalue weighted by molar-refractivity contribution is -0.300. The van der Waals surface area contributed by atoms with E-state index in [1.165, 1.54) is 19.0 Å². The number of nitrogens with one attached hydrogen (secondary N) is 1. The molecule has 2 unspecified atom stereocenters. The highest BCUT2D eigenvalue weighted by Crippen LogP contribution is 2.62. The van der Waals surface area contributed by atoms with Crippen LogP contribution >= 0.6 is 11.6 Å². The molecule has 366 valence electrons. The van der Waals surface area contributed by atoms with E-state index in [0.29, 0.717) is 43.7 Å². The number of likely N-dealkylation sites (N-methyl/N-ethyl adjacent to an activating group) is 3. The van der Waals surface area contributed by atoms with Crippen molar-refractivity contribution in [1.29, 1.82) is 0 Å². The van der Waals surface area contributed by atoms with Crippen LogP contribution in [0.1, 0.15) is 96.5 Å². The summed E-state index contributed by atoms with van der Waals surface area (Å²) in [6.07, 6.45) is -6.86. The van der Waals surface area contributed by atoms with Gasteiger partial charge in [-0.05, 0) is 67.7 Å². The number of amides is 6. The first-order chi connectivity index (χ1) is 30.8. The summed E-state index contributed by atoms with van der Waals surface area (Å²) >= 11 is 6.54. The average Bonchev–Trinajstić information content (AvgIpc) is 3.89. The number of benzene rings is 1. The fraction of sp³-hybridized carbons (Fsp3) is 0.696. The van der Waals surface area contributed by atoms with Gasteiger partial charge in [-0.2, -0.15) is 13.2 Å². The van der Waals surface area contributed by atoms with E-state index in [1.54, 1.807) is 24.1 Å². The van der Waals surface area contributed by atoms with Crippen molar-refractivity contribution in [2.75, 3.05) is 34.2 Å². The number of aryl methyl sites for hydroxylation is 1. The van der Waals surface area contributed by atoms with Crippen LogP contribution < -0.4 is 11.1 Å². The lowest BCUT2D eigenvalue weighted by Crippen LogP contribution is -2.70. The molecule has 66 heavy (non-hydrogen) atoms. The van der Waals surface area contributed by atoms with E-state index in [0.717, 1.165) is 21.4 Å². The number of carbonyl (C=O) groups excluding carboxylic acids is 6. The second-order valence-corrected chi connectivity index (χ2v) is 20.1. The molecule has 6 atom stereocenters. The van der Waals surface area contributed by atoms with Crippen LogP contribution in [-0.4, -0.2) is 136 Å². The topological polar surface area (TPSA) is 158 Å². The Hall–Kier alpha value is -4.55. The molecule has 3 N–H and O–H groups in total. The Balaban J connectivity index is 1.35. The molecule has 2 saturated carbocycles. The zero-order valence-electron chi connectivity index (χ0n) is 38.4. The van der Waals surface area contributed by atoms with Crippen molar-refractivity contribution in [2.24, 2.45) is 36.0 Å². The lowest BCUT2D eigenvalue weighted by atomic mass is 9.63. The third-order valence-electron chi connectivity index (χ3n) is 14.3. The molecule has 0 spiro atoms. The van der Waals surface area contributed by atoms with Gasteiger partial charge < -0.3 is 35.2 Å². The molecule has 6 amide bonds. The van der Waals surface area contributed by atoms with E-state index in [-0.39, 0.29) is 48.8 Å². The number of nitrogens with two attached hydrogens (primary N) is 1. The van der Waals surface area contributed by atoms with Crippen LogP contribution in [-0.2, 0) is 42.2 Å². The van der Waals surface area contributed by atoms with E-state index in [9.17, 15) is 45.9 Å². The van der Waals surface area contributed by atoms with E-state index < -0.39 is 115 Å². The van der Waals surface area contributed by atoms with Gasteiger partial charge in [-0.15, -0.1) is 0 Å². The quantitative estimate of drug-likeness (QED) is 0.272. The number of rotatable bonds is 10. The second kappa shape index (κ2) is 19.2. The van der Waals surface area contributed by atoms with Crippen molar-refractivity contribution >= 4 is 57.9 Å². The molecule has 2 aliphatic heterocycles. The SMILES string of the molecule is CC(C)C[C@@H]1NC(=O)[C@@H](N(C)C(=O)[C@@H](C2CC2)C2(C(N)=O)CC(F)CN2C(=O)C2(C(F)(F)F)CC(F)(F)C2)CCCCCCCN(C)C(=O)[C@H](Cc2cc(Cl)cc3ccn(C)c23)N(C)C1=O. The highest BCUT2D eigenvalue weighted by molar-refractivity contribution is 6.31. The summed E-state index contributed by atoms with van der Waals surface area (Å²) < 4.78 is 89.8. The minimum absolute atomic E-state index is 0.0382. The van der Waals surface area contributed by atoms with Crippen molar-refractivity contribution in [3.05, 3.63) is 35.0 Å². The van der Waals surface area contributed by atoms with Crippen LogP contribution in [0.3, 0.4) is 0 Å². The fourth-order valence-electron chi connectivity index (χ4n) is 10.7. The Morgan fingerprint density at radius 3 is 2.20 bits per heavy atom. The highest BCUT2D eigenvalue weighted by atomic mass is 35.5. The van der Waals surface area contributed by atoms with Gasteiger partial charge >= 0.3 is 6.18 Å². The molecule has 2 aliphatic carbocycles. The standard InChI is InChI=1S/C46H62ClF6N7O6/c1-26(2)18-32-38(62)59(6)34(21-29-20-30(47)19-28-15-17-56(3)36(28)29)39(63)57(4)16-11-9-7-8-10-12-33(37(61)55-32)58(5)40(64)35(27-13-14-27)45(41(54)65)22-31(48)23-60(45)42(66)43(46(51,52)53)24-44(49,50)25-43/h15,17,19-20,26-27,31-35H,7-14,16,18,21-25H2,1-6H3,(H2,54,65)(H,55,61)/t31?,32-,33-,34-,35+,45?/m0/s1. The average molecular weight is 958 g/mol. The van der Waals surface area contributed by atoms with Crippen molar-refractivity contribution in [3.8, 4) is 0 Å². The third kappa shape index (κ3) is 9.87. The minimum atomic E-state index is -5.51. The number of primary amides is 1. The summed E-state index contributed by atoms with van der Waals surface area (Å²) in [5.74, 6) is -12.6. The molecule has 1 aromatic heterocycles. The number of nitrogens with zero attached hydrogens (tertiary/aromatic N) is 5. The molecule has 3 heterocycles. The Morgan fingerprint density at radius 1 is 0.970 bits per heavy atom. The predicted octanol–water partition coefficient (Wildman–Crippen LogP) is 6.17. The summed E-state index contributed by atoms with van der Waals surface area (Å²) in [6.45, 7) is 2.98. The lowest BCUT2D eigenvalue weighted by Gasteiger charge is -2.51. The number of aromatic nitrogens is 1. The maximum Gasteiger partial charge on any atom is 0.403 e. The first kappa shape index (κ1) is 50.9. The zero-order chi connectivity index (χ0) is 48.8. The Kier molecular flexibility index (Phi) is 14.8. The van der Waals surface area contributed by atoms with Gasteiger partial charge in [-0.3, -0.25) is 28.8 Å². The first-order valence-corrected chi connectivity index (χ1v) is 23.2. The highest BCUT2D eigenvalue weighted by Gasteiger charge is 2.77. The molecule has 2 aromatic rings. The summed E-state index contributed by atoms with van der Waals surface area (Å²) in [5, 5.41) is 4.13. The van der Waals surface area contributed by atoms with Crippen LogP contribution in [0.5, 0.6) is 0 Å². The Bertz CT molecular complexity index is 2190. The molecule has 6 rings (SSSR count). The van der Waals surface area contributed by atoms with Gasteiger partial charge in [0.05, 0.1) is 18.0 Å². The largest absolute Gasteiger partial charge is 0.403 e. The molecule has 0 radical (unpaired) electrons. The number of hydrogen-bond acceptors (Lipinski definition) is 6. The number of alkyl halides is 6. The van der Waals surface area contributed by atoms with Crippen molar-refractivity contribution < 1.29 is 55.1 Å². The van der Waals surface area contributed by atoms with E-state index in [2.05, 4.69) is 5.32 Å². The van der Waals surface area contributed by atoms with Gasteiger partial charge in [-0.25, -0.2) is 13.2 Å². The maximum absolute atomic E-state index is 15.7. The molecule has 13 nitrogen and oxygen atoms in total. The predicted molar refractivity (Wildman–Crippen MR) is 234 cm³/mol. The molecular weight excluding hydrogens is 896 g/mol. The summed E-state index contributed by atoms with van der Waals surface area (Å²) in [7, 11) is 6.30. The van der Waals surface area contributed by atoms with Crippen LogP contribution in [0.25, 0.3) is 10.9 Å². The van der Waals surface area contributed by atoms with Crippen molar-refractivity contribution in [1.82, 2.24) is 29.5 Å². The molecule has 4 fully saturated rings. The van der Waals surface area contributed by atoms with E-state index in [4.69, 9.17) is 17.3 Å². The van der Waals surface area contributed by atoms with Crippen molar-refractivity contribution in [2.45, 2.75) is 139 Å². The van der Waals surface area contributed by atoms with Gasteiger partial charge in [0.25, 0.3) is 5.92 Å². The second-order valence-electron chi connectivity index (χ2n) is 19.7. The minimum Gasteiger partial charge on any atom is -0.368 e. The normalized spacial score (nSPS) is 27.5. The Morgan fingerprint density at radius 2 is 1.61 bits per heavy atom. The number of hydrogen-bond donors (Lipinski definition) is 2. The van der Waals surface area contributed by atoms with Crippen LogP contribution in [0.4, 0.5) is 26.3 Å². The summed E-state index contributed by atoms with van der Waals surface area (Å²) in [4.78, 5) is 90.8. The Labute approximate surface area is 386 Å². The molecule has 1 aromatic carbocycles. The molecule has 20 heteroatoms. The van der Waals surface area contributed by atoms with Crippen LogP contribution in [0.15, 0.2) is 24.4 Å². The van der Waals surface area contributed by atoms with Gasteiger partial charge in [0.1, 0.15) is 29.8 Å². The monoisotopic (exact) mass is 957 g/mol. The summed E-state index contributed by atoms with van der Waals surface area (Å²) in [5.41, 5.74) is 1.14.